The lowest BCUT2D eigenvalue weighted by molar-refractivity contribution is 0.0146. The van der Waals surface area contributed by atoms with Crippen molar-refractivity contribution < 1.29 is 14.3 Å². The van der Waals surface area contributed by atoms with Gasteiger partial charge >= 0.3 is 0 Å². The van der Waals surface area contributed by atoms with Crippen molar-refractivity contribution in [2.24, 2.45) is 0 Å². The Morgan fingerprint density at radius 2 is 1.64 bits per heavy atom. The Labute approximate surface area is 174 Å². The summed E-state index contributed by atoms with van der Waals surface area (Å²) in [5.74, 6) is -0.323. The summed E-state index contributed by atoms with van der Waals surface area (Å²) >= 11 is 11.9. The molecule has 3 rings (SSSR count). The third kappa shape index (κ3) is 5.25. The summed E-state index contributed by atoms with van der Waals surface area (Å²) in [5, 5.41) is 3.57. The number of nitrogens with one attached hydrogen (secondary N) is 1. The van der Waals surface area contributed by atoms with Crippen LogP contribution in [-0.2, 0) is 4.74 Å². The molecule has 5 nitrogen and oxygen atoms in total. The second-order valence-corrected chi connectivity index (χ2v) is 7.51. The Morgan fingerprint density at radius 3 is 2.21 bits per heavy atom. The number of hydrogen-bond acceptors (Lipinski definition) is 3. The van der Waals surface area contributed by atoms with Crippen molar-refractivity contribution in [3.8, 4) is 0 Å². The fourth-order valence-electron chi connectivity index (χ4n) is 3.23. The Hall–Kier alpha value is -2.08. The van der Waals surface area contributed by atoms with E-state index in [-0.39, 0.29) is 17.9 Å². The first kappa shape index (κ1) is 20.6. The Balaban J connectivity index is 1.60. The third-order valence-corrected chi connectivity index (χ3v) is 5.08. The largest absolute Gasteiger partial charge is 0.378 e. The van der Waals surface area contributed by atoms with Crippen molar-refractivity contribution in [2.75, 3.05) is 25.0 Å². The molecule has 7 heteroatoms. The highest BCUT2D eigenvalue weighted by Gasteiger charge is 2.23. The molecule has 0 aromatic heterocycles. The van der Waals surface area contributed by atoms with Crippen LogP contribution in [0, 0.1) is 0 Å². The predicted molar refractivity (Wildman–Crippen MR) is 111 cm³/mol. The fraction of sp³-hybridized carbons (Fsp3) is 0.333. The topological polar surface area (TPSA) is 58.6 Å². The molecule has 148 valence electrons. The SMILES string of the molecule is CCOC1CCN(C(=O)c2ccc(NC(=O)c3cc(Cl)cc(Cl)c3)cc2)CC1. The smallest absolute Gasteiger partial charge is 0.255 e. The van der Waals surface area contributed by atoms with Gasteiger partial charge in [-0.15, -0.1) is 0 Å². The molecule has 1 aliphatic heterocycles. The zero-order chi connectivity index (χ0) is 20.1. The minimum Gasteiger partial charge on any atom is -0.378 e. The fourth-order valence-corrected chi connectivity index (χ4v) is 3.75. The normalized spacial score (nSPS) is 14.8. The number of hydrogen-bond donors (Lipinski definition) is 1. The van der Waals surface area contributed by atoms with E-state index >= 15 is 0 Å². The number of halogens is 2. The van der Waals surface area contributed by atoms with E-state index in [0.29, 0.717) is 46.6 Å². The molecule has 28 heavy (non-hydrogen) atoms. The number of amides is 2. The number of benzene rings is 2. The molecule has 0 aliphatic carbocycles. The average molecular weight is 421 g/mol. The van der Waals surface area contributed by atoms with Gasteiger partial charge in [0.15, 0.2) is 0 Å². The molecular weight excluding hydrogens is 399 g/mol. The number of carbonyl (C=O) groups excluding carboxylic acids is 2. The zero-order valence-electron chi connectivity index (χ0n) is 15.6. The number of rotatable bonds is 5. The van der Waals surface area contributed by atoms with Gasteiger partial charge in [0.25, 0.3) is 11.8 Å². The second kappa shape index (κ2) is 9.41. The highest BCUT2D eigenvalue weighted by atomic mass is 35.5. The molecule has 1 N–H and O–H groups in total. The van der Waals surface area contributed by atoms with Crippen molar-refractivity contribution in [2.45, 2.75) is 25.9 Å². The Kier molecular flexibility index (Phi) is 6.94. The lowest BCUT2D eigenvalue weighted by Gasteiger charge is -2.31. The van der Waals surface area contributed by atoms with Crippen LogP contribution in [0.15, 0.2) is 42.5 Å². The minimum atomic E-state index is -0.318. The predicted octanol–water partition coefficient (Wildman–Crippen LogP) is 4.89. The quantitative estimate of drug-likeness (QED) is 0.748. The summed E-state index contributed by atoms with van der Waals surface area (Å²) < 4.78 is 5.63. The molecule has 0 saturated carbocycles. The Bertz CT molecular complexity index is 827. The molecule has 0 radical (unpaired) electrons. The van der Waals surface area contributed by atoms with Crippen molar-refractivity contribution >= 4 is 40.7 Å². The van der Waals surface area contributed by atoms with Gasteiger partial charge < -0.3 is 15.0 Å². The first-order valence-corrected chi connectivity index (χ1v) is 10.00. The van der Waals surface area contributed by atoms with Gasteiger partial charge in [0.1, 0.15) is 0 Å². The van der Waals surface area contributed by atoms with E-state index in [1.807, 2.05) is 11.8 Å². The molecule has 2 aromatic rings. The van der Waals surface area contributed by atoms with Gasteiger partial charge in [-0.05, 0) is 62.2 Å². The summed E-state index contributed by atoms with van der Waals surface area (Å²) in [6.07, 6.45) is 1.96. The van der Waals surface area contributed by atoms with E-state index < -0.39 is 0 Å². The van der Waals surface area contributed by atoms with E-state index in [1.54, 1.807) is 42.5 Å². The van der Waals surface area contributed by atoms with Gasteiger partial charge in [0, 0.05) is 46.6 Å². The first-order valence-electron chi connectivity index (χ1n) is 9.24. The van der Waals surface area contributed by atoms with Crippen molar-refractivity contribution in [3.05, 3.63) is 63.6 Å². The highest BCUT2D eigenvalue weighted by molar-refractivity contribution is 6.35. The Morgan fingerprint density at radius 1 is 1.04 bits per heavy atom. The molecule has 0 atom stereocenters. The number of ether oxygens (including phenoxy) is 1. The molecule has 2 aromatic carbocycles. The molecule has 1 aliphatic rings. The van der Waals surface area contributed by atoms with Crippen LogP contribution in [0.1, 0.15) is 40.5 Å². The number of anilines is 1. The van der Waals surface area contributed by atoms with E-state index in [0.717, 1.165) is 12.8 Å². The summed E-state index contributed by atoms with van der Waals surface area (Å²) in [6.45, 7) is 4.07. The summed E-state index contributed by atoms with van der Waals surface area (Å²) in [4.78, 5) is 26.9. The summed E-state index contributed by atoms with van der Waals surface area (Å²) in [7, 11) is 0. The van der Waals surface area contributed by atoms with Crippen LogP contribution in [0.5, 0.6) is 0 Å². The molecular formula is C21H22Cl2N2O3. The molecule has 0 bridgehead atoms. The number of nitrogens with zero attached hydrogens (tertiary/aromatic N) is 1. The van der Waals surface area contributed by atoms with Crippen molar-refractivity contribution in [3.63, 3.8) is 0 Å². The molecule has 1 saturated heterocycles. The van der Waals surface area contributed by atoms with Gasteiger partial charge in [-0.1, -0.05) is 23.2 Å². The van der Waals surface area contributed by atoms with Gasteiger partial charge in [0.2, 0.25) is 0 Å². The highest BCUT2D eigenvalue weighted by Crippen LogP contribution is 2.21. The van der Waals surface area contributed by atoms with E-state index in [4.69, 9.17) is 27.9 Å². The minimum absolute atomic E-state index is 0.00514. The maximum Gasteiger partial charge on any atom is 0.255 e. The van der Waals surface area contributed by atoms with Crippen LogP contribution >= 0.6 is 23.2 Å². The first-order chi connectivity index (χ1) is 13.5. The summed E-state index contributed by atoms with van der Waals surface area (Å²) in [6, 6.07) is 11.5. The standard InChI is InChI=1S/C21H22Cl2N2O3/c1-2-28-19-7-9-25(10-8-19)21(27)14-3-5-18(6-4-14)24-20(26)15-11-16(22)13-17(23)12-15/h3-6,11-13,19H,2,7-10H2,1H3,(H,24,26). The lowest BCUT2D eigenvalue weighted by atomic mass is 10.1. The molecule has 0 spiro atoms. The monoisotopic (exact) mass is 420 g/mol. The molecule has 1 heterocycles. The average Bonchev–Trinajstić information content (AvgIpc) is 2.68. The van der Waals surface area contributed by atoms with E-state index in [9.17, 15) is 9.59 Å². The van der Waals surface area contributed by atoms with Crippen LogP contribution < -0.4 is 5.32 Å². The van der Waals surface area contributed by atoms with Gasteiger partial charge in [-0.25, -0.2) is 0 Å². The van der Waals surface area contributed by atoms with E-state index in [2.05, 4.69) is 5.32 Å². The molecule has 2 amide bonds. The van der Waals surface area contributed by atoms with Gasteiger partial charge in [-0.2, -0.15) is 0 Å². The molecule has 1 fully saturated rings. The van der Waals surface area contributed by atoms with Crippen molar-refractivity contribution in [1.29, 1.82) is 0 Å². The van der Waals surface area contributed by atoms with Crippen LogP contribution in [0.2, 0.25) is 10.0 Å². The van der Waals surface area contributed by atoms with Crippen LogP contribution in [0.3, 0.4) is 0 Å². The van der Waals surface area contributed by atoms with E-state index in [1.165, 1.54) is 0 Å². The molecule has 0 unspecified atom stereocenters. The lowest BCUT2D eigenvalue weighted by Crippen LogP contribution is -2.40. The van der Waals surface area contributed by atoms with Crippen LogP contribution in [0.4, 0.5) is 5.69 Å². The van der Waals surface area contributed by atoms with Gasteiger partial charge in [-0.3, -0.25) is 9.59 Å². The number of likely N-dealkylation sites (tertiary alicyclic amines) is 1. The summed E-state index contributed by atoms with van der Waals surface area (Å²) in [5.41, 5.74) is 1.56. The second-order valence-electron chi connectivity index (χ2n) is 6.64. The van der Waals surface area contributed by atoms with Crippen molar-refractivity contribution in [1.82, 2.24) is 4.90 Å². The van der Waals surface area contributed by atoms with Crippen LogP contribution in [-0.4, -0.2) is 42.5 Å². The maximum absolute atomic E-state index is 12.7. The zero-order valence-corrected chi connectivity index (χ0v) is 17.1. The maximum atomic E-state index is 12.7. The van der Waals surface area contributed by atoms with Gasteiger partial charge in [0.05, 0.1) is 6.10 Å². The third-order valence-electron chi connectivity index (χ3n) is 4.65. The number of piperidine rings is 1. The van der Waals surface area contributed by atoms with Crippen LogP contribution in [0.25, 0.3) is 0 Å². The number of carbonyl (C=O) groups is 2.